The van der Waals surface area contributed by atoms with Crippen molar-refractivity contribution in [3.05, 3.63) is 10.4 Å². The second-order valence-electron chi connectivity index (χ2n) is 4.16. The fourth-order valence-corrected chi connectivity index (χ4v) is 2.42. The number of hydrogen-bond donors (Lipinski definition) is 1. The number of aliphatic hydroxyl groups is 1. The van der Waals surface area contributed by atoms with E-state index in [9.17, 15) is 9.90 Å². The van der Waals surface area contributed by atoms with Crippen LogP contribution >= 0.6 is 0 Å². The molecule has 2 aliphatic heterocycles. The lowest BCUT2D eigenvalue weighted by Crippen LogP contribution is -2.39. The molecule has 0 bridgehead atoms. The summed E-state index contributed by atoms with van der Waals surface area (Å²) in [7, 11) is 0. The molecule has 2 rings (SSSR count). The van der Waals surface area contributed by atoms with Gasteiger partial charge >= 0.3 is 0 Å². The topological polar surface area (TPSA) is 89.3 Å². The molecule has 6 heteroatoms. The molecule has 1 N–H and O–H groups in total. The molecule has 0 aliphatic carbocycles. The van der Waals surface area contributed by atoms with Gasteiger partial charge in [0.05, 0.1) is 12.1 Å². The van der Waals surface area contributed by atoms with E-state index in [-0.39, 0.29) is 18.0 Å². The molecule has 2 fully saturated rings. The van der Waals surface area contributed by atoms with E-state index in [1.165, 1.54) is 0 Å². The normalized spacial score (nSPS) is 35.7. The highest BCUT2D eigenvalue weighted by Crippen LogP contribution is 2.28. The van der Waals surface area contributed by atoms with Gasteiger partial charge in [-0.2, -0.15) is 0 Å². The number of hydrogen-bond acceptors (Lipinski definition) is 3. The van der Waals surface area contributed by atoms with Crippen LogP contribution in [0.4, 0.5) is 0 Å². The van der Waals surface area contributed by atoms with Crippen LogP contribution in [0, 0.1) is 0 Å². The summed E-state index contributed by atoms with van der Waals surface area (Å²) in [4.78, 5) is 15.9. The first kappa shape index (κ1) is 10.3. The highest BCUT2D eigenvalue weighted by atomic mass is 16.3. The van der Waals surface area contributed by atoms with E-state index in [4.69, 9.17) is 5.53 Å². The van der Waals surface area contributed by atoms with Crippen molar-refractivity contribution in [1.29, 1.82) is 0 Å². The van der Waals surface area contributed by atoms with Crippen molar-refractivity contribution in [2.24, 2.45) is 5.11 Å². The van der Waals surface area contributed by atoms with Gasteiger partial charge < -0.3 is 10.0 Å². The second kappa shape index (κ2) is 4.08. The summed E-state index contributed by atoms with van der Waals surface area (Å²) in [5.74, 6) is 0.112. The number of rotatable bonds is 1. The van der Waals surface area contributed by atoms with E-state index in [1.54, 1.807) is 4.90 Å². The minimum Gasteiger partial charge on any atom is -0.391 e. The van der Waals surface area contributed by atoms with Crippen molar-refractivity contribution >= 4 is 5.91 Å². The number of carbonyl (C=O) groups excluding carboxylic acids is 1. The Hall–Kier alpha value is -1.26. The molecule has 2 aliphatic rings. The molecule has 82 valence electrons. The summed E-state index contributed by atoms with van der Waals surface area (Å²) >= 11 is 0. The Bertz CT molecular complexity index is 313. The zero-order valence-corrected chi connectivity index (χ0v) is 8.41. The molecule has 0 aromatic carbocycles. The van der Waals surface area contributed by atoms with Gasteiger partial charge in [-0.3, -0.25) is 4.79 Å². The first-order chi connectivity index (χ1) is 7.22. The molecule has 0 spiro atoms. The molecule has 0 saturated carbocycles. The summed E-state index contributed by atoms with van der Waals surface area (Å²) in [6, 6.07) is -0.139. The van der Waals surface area contributed by atoms with Crippen LogP contribution in [0.2, 0.25) is 0 Å². The van der Waals surface area contributed by atoms with E-state index >= 15 is 0 Å². The van der Waals surface area contributed by atoms with Crippen LogP contribution in [0.3, 0.4) is 0 Å². The molecule has 1 amide bonds. The molecule has 0 aromatic rings. The highest BCUT2D eigenvalue weighted by molar-refractivity contribution is 5.78. The Morgan fingerprint density at radius 2 is 2.27 bits per heavy atom. The standard InChI is InChI=1S/C9H14N4O2/c10-12-11-7-3-1-6-2-4-9(15)13(6)5-8(7)14/h6-8,14H,1-5H2/t6-,7+,8+/m1/s1. The molecular weight excluding hydrogens is 196 g/mol. The number of carbonyl (C=O) groups is 1. The molecule has 0 unspecified atom stereocenters. The summed E-state index contributed by atoms with van der Waals surface area (Å²) in [5.41, 5.74) is 8.35. The smallest absolute Gasteiger partial charge is 0.222 e. The third-order valence-corrected chi connectivity index (χ3v) is 3.28. The van der Waals surface area contributed by atoms with Crippen LogP contribution in [0.15, 0.2) is 5.11 Å². The van der Waals surface area contributed by atoms with Crippen molar-refractivity contribution in [2.45, 2.75) is 43.9 Å². The second-order valence-corrected chi connectivity index (χ2v) is 4.16. The average Bonchev–Trinajstić information content (AvgIpc) is 2.46. The van der Waals surface area contributed by atoms with E-state index in [0.29, 0.717) is 19.4 Å². The Morgan fingerprint density at radius 3 is 3.00 bits per heavy atom. The quantitative estimate of drug-likeness (QED) is 0.394. The largest absolute Gasteiger partial charge is 0.391 e. The fourth-order valence-electron chi connectivity index (χ4n) is 2.42. The fraction of sp³-hybridized carbons (Fsp3) is 0.889. The lowest BCUT2D eigenvalue weighted by molar-refractivity contribution is -0.130. The summed E-state index contributed by atoms with van der Waals surface area (Å²) < 4.78 is 0. The zero-order chi connectivity index (χ0) is 10.8. The summed E-state index contributed by atoms with van der Waals surface area (Å²) in [6.07, 6.45) is 2.23. The van der Waals surface area contributed by atoms with Gasteiger partial charge in [-0.05, 0) is 24.8 Å². The van der Waals surface area contributed by atoms with Gasteiger partial charge in [-0.25, -0.2) is 0 Å². The van der Waals surface area contributed by atoms with Gasteiger partial charge in [-0.15, -0.1) is 0 Å². The lowest BCUT2D eigenvalue weighted by atomic mass is 10.0. The number of aliphatic hydroxyl groups excluding tert-OH is 1. The minimum absolute atomic E-state index is 0.112. The molecule has 0 radical (unpaired) electrons. The molecule has 2 heterocycles. The highest BCUT2D eigenvalue weighted by Gasteiger charge is 2.36. The van der Waals surface area contributed by atoms with Gasteiger partial charge in [0.2, 0.25) is 5.91 Å². The van der Waals surface area contributed by atoms with Crippen molar-refractivity contribution in [1.82, 2.24) is 4.90 Å². The van der Waals surface area contributed by atoms with Crippen LogP contribution in [0.25, 0.3) is 10.4 Å². The monoisotopic (exact) mass is 210 g/mol. The first-order valence-corrected chi connectivity index (χ1v) is 5.24. The minimum atomic E-state index is -0.715. The summed E-state index contributed by atoms with van der Waals surface area (Å²) in [6.45, 7) is 0.313. The third-order valence-electron chi connectivity index (χ3n) is 3.28. The zero-order valence-electron chi connectivity index (χ0n) is 8.41. The van der Waals surface area contributed by atoms with Gasteiger partial charge in [0.15, 0.2) is 0 Å². The van der Waals surface area contributed by atoms with Gasteiger partial charge in [-0.1, -0.05) is 5.11 Å². The van der Waals surface area contributed by atoms with Crippen LogP contribution in [-0.4, -0.2) is 40.6 Å². The average molecular weight is 210 g/mol. The van der Waals surface area contributed by atoms with Gasteiger partial charge in [0.1, 0.15) is 0 Å². The number of fused-ring (bicyclic) bond motifs is 1. The molecule has 0 aromatic heterocycles. The van der Waals surface area contributed by atoms with Crippen LogP contribution in [0.5, 0.6) is 0 Å². The number of amides is 1. The van der Waals surface area contributed by atoms with E-state index < -0.39 is 6.10 Å². The van der Waals surface area contributed by atoms with Crippen molar-refractivity contribution in [3.63, 3.8) is 0 Å². The maximum absolute atomic E-state index is 11.5. The van der Waals surface area contributed by atoms with Crippen molar-refractivity contribution in [2.75, 3.05) is 6.54 Å². The molecule has 6 nitrogen and oxygen atoms in total. The maximum atomic E-state index is 11.5. The first-order valence-electron chi connectivity index (χ1n) is 5.24. The Labute approximate surface area is 87.5 Å². The Kier molecular flexibility index (Phi) is 2.79. The Balaban J connectivity index is 2.11. The molecule has 2 saturated heterocycles. The molecule has 15 heavy (non-hydrogen) atoms. The molecular formula is C9H14N4O2. The van der Waals surface area contributed by atoms with Crippen LogP contribution < -0.4 is 0 Å². The van der Waals surface area contributed by atoms with Crippen LogP contribution in [0.1, 0.15) is 25.7 Å². The third kappa shape index (κ3) is 1.91. The van der Waals surface area contributed by atoms with Gasteiger partial charge in [0.25, 0.3) is 0 Å². The van der Waals surface area contributed by atoms with Crippen molar-refractivity contribution in [3.8, 4) is 0 Å². The lowest BCUT2D eigenvalue weighted by Gasteiger charge is -2.23. The van der Waals surface area contributed by atoms with E-state index in [0.717, 1.165) is 12.8 Å². The number of nitrogens with zero attached hydrogens (tertiary/aromatic N) is 4. The van der Waals surface area contributed by atoms with Crippen molar-refractivity contribution < 1.29 is 9.90 Å². The maximum Gasteiger partial charge on any atom is 0.222 e. The van der Waals surface area contributed by atoms with E-state index in [1.807, 2.05) is 0 Å². The van der Waals surface area contributed by atoms with E-state index in [2.05, 4.69) is 10.0 Å². The number of azide groups is 1. The predicted molar refractivity (Wildman–Crippen MR) is 52.9 cm³/mol. The Morgan fingerprint density at radius 1 is 1.47 bits per heavy atom. The van der Waals surface area contributed by atoms with Gasteiger partial charge in [0, 0.05) is 23.9 Å². The molecule has 3 atom stereocenters. The summed E-state index contributed by atoms with van der Waals surface area (Å²) in [5, 5.41) is 13.4. The van der Waals surface area contributed by atoms with Crippen LogP contribution in [-0.2, 0) is 4.79 Å². The predicted octanol–water partition coefficient (Wildman–Crippen LogP) is 0.811. The SMILES string of the molecule is [N-]=[N+]=N[C@H]1CC[C@@H]2CCC(=O)N2C[C@@H]1O.